The van der Waals surface area contributed by atoms with Crippen molar-refractivity contribution in [3.63, 3.8) is 0 Å². The number of pyridine rings is 1. The number of benzene rings is 2. The second kappa shape index (κ2) is 7.80. The van der Waals surface area contributed by atoms with E-state index in [2.05, 4.69) is 11.1 Å². The van der Waals surface area contributed by atoms with Gasteiger partial charge in [-0.05, 0) is 42.3 Å². The standard InChI is InChI=1S/C22H19N3O3/c1-13-19(14-8-10-17(27-2)11-9-14)20(18(12-23)21(24)25-13)15-4-6-16(7-5-15)22(26)28-3/h4-11H,1-3H3,(H2,24,25). The van der Waals surface area contributed by atoms with E-state index in [1.54, 1.807) is 31.4 Å². The van der Waals surface area contributed by atoms with Gasteiger partial charge >= 0.3 is 5.97 Å². The number of hydrogen-bond acceptors (Lipinski definition) is 6. The summed E-state index contributed by atoms with van der Waals surface area (Å²) >= 11 is 0. The molecular weight excluding hydrogens is 354 g/mol. The average Bonchev–Trinajstić information content (AvgIpc) is 2.73. The van der Waals surface area contributed by atoms with Crippen LogP contribution in [0.3, 0.4) is 0 Å². The molecule has 0 unspecified atom stereocenters. The molecule has 3 aromatic rings. The number of hydrogen-bond donors (Lipinski definition) is 1. The van der Waals surface area contributed by atoms with Crippen molar-refractivity contribution >= 4 is 11.8 Å². The fraction of sp³-hybridized carbons (Fsp3) is 0.136. The van der Waals surface area contributed by atoms with Gasteiger partial charge in [-0.2, -0.15) is 5.26 Å². The number of methoxy groups -OCH3 is 2. The first kappa shape index (κ1) is 18.9. The van der Waals surface area contributed by atoms with Crippen molar-refractivity contribution in [2.24, 2.45) is 0 Å². The number of carbonyl (C=O) groups is 1. The fourth-order valence-corrected chi connectivity index (χ4v) is 3.13. The SMILES string of the molecule is COC(=O)c1ccc(-c2c(C#N)c(N)nc(C)c2-c2ccc(OC)cc2)cc1. The van der Waals surface area contributed by atoms with E-state index in [-0.39, 0.29) is 5.82 Å². The highest BCUT2D eigenvalue weighted by Gasteiger charge is 2.20. The number of nitrogens with two attached hydrogens (primary N) is 1. The first-order valence-corrected chi connectivity index (χ1v) is 8.53. The molecule has 2 aromatic carbocycles. The smallest absolute Gasteiger partial charge is 0.337 e. The lowest BCUT2D eigenvalue weighted by Gasteiger charge is -2.16. The zero-order chi connectivity index (χ0) is 20.3. The predicted octanol–water partition coefficient (Wildman–Crippen LogP) is 3.97. The first-order valence-electron chi connectivity index (χ1n) is 8.53. The van der Waals surface area contributed by atoms with E-state index in [0.717, 1.165) is 22.4 Å². The molecule has 0 bridgehead atoms. The summed E-state index contributed by atoms with van der Waals surface area (Å²) in [6, 6.07) is 16.5. The fourth-order valence-electron chi connectivity index (χ4n) is 3.13. The predicted molar refractivity (Wildman–Crippen MR) is 107 cm³/mol. The lowest BCUT2D eigenvalue weighted by atomic mass is 9.90. The van der Waals surface area contributed by atoms with Crippen molar-refractivity contribution < 1.29 is 14.3 Å². The number of nitriles is 1. The summed E-state index contributed by atoms with van der Waals surface area (Å²) < 4.78 is 9.98. The molecule has 0 aliphatic rings. The number of aromatic nitrogens is 1. The van der Waals surface area contributed by atoms with Gasteiger partial charge in [-0.15, -0.1) is 0 Å². The van der Waals surface area contributed by atoms with Crippen LogP contribution < -0.4 is 10.5 Å². The average molecular weight is 373 g/mol. The van der Waals surface area contributed by atoms with Crippen molar-refractivity contribution in [1.82, 2.24) is 4.98 Å². The minimum absolute atomic E-state index is 0.171. The molecule has 6 heteroatoms. The van der Waals surface area contributed by atoms with Crippen LogP contribution in [-0.4, -0.2) is 25.2 Å². The van der Waals surface area contributed by atoms with Gasteiger partial charge in [-0.25, -0.2) is 9.78 Å². The molecule has 0 spiro atoms. The molecule has 2 N–H and O–H groups in total. The lowest BCUT2D eigenvalue weighted by molar-refractivity contribution is 0.0601. The molecule has 0 radical (unpaired) electrons. The number of ether oxygens (including phenoxy) is 2. The van der Waals surface area contributed by atoms with E-state index < -0.39 is 5.97 Å². The van der Waals surface area contributed by atoms with Crippen LogP contribution in [0.2, 0.25) is 0 Å². The number of esters is 1. The molecule has 0 fully saturated rings. The van der Waals surface area contributed by atoms with Crippen molar-refractivity contribution in [3.05, 3.63) is 65.4 Å². The Bertz CT molecular complexity index is 1070. The quantitative estimate of drug-likeness (QED) is 0.695. The summed E-state index contributed by atoms with van der Waals surface area (Å²) in [5.41, 5.74) is 10.6. The molecule has 0 amide bonds. The molecule has 1 heterocycles. The van der Waals surface area contributed by atoms with E-state index in [1.807, 2.05) is 31.2 Å². The topological polar surface area (TPSA) is 98.2 Å². The van der Waals surface area contributed by atoms with Crippen LogP contribution in [0.4, 0.5) is 5.82 Å². The molecule has 140 valence electrons. The Morgan fingerprint density at radius 2 is 1.57 bits per heavy atom. The van der Waals surface area contributed by atoms with Crippen LogP contribution in [0.25, 0.3) is 22.3 Å². The second-order valence-corrected chi connectivity index (χ2v) is 6.12. The van der Waals surface area contributed by atoms with Gasteiger partial charge in [0.25, 0.3) is 0 Å². The van der Waals surface area contributed by atoms with Crippen molar-refractivity contribution in [1.29, 1.82) is 5.26 Å². The van der Waals surface area contributed by atoms with E-state index in [1.165, 1.54) is 7.11 Å². The molecule has 3 rings (SSSR count). The Balaban J connectivity index is 2.26. The third-order valence-corrected chi connectivity index (χ3v) is 4.49. The molecule has 0 aliphatic heterocycles. The van der Waals surface area contributed by atoms with Crippen LogP contribution in [0, 0.1) is 18.3 Å². The van der Waals surface area contributed by atoms with Gasteiger partial charge in [0.15, 0.2) is 0 Å². The van der Waals surface area contributed by atoms with Gasteiger partial charge in [-0.3, -0.25) is 0 Å². The maximum Gasteiger partial charge on any atom is 0.337 e. The molecular formula is C22H19N3O3. The molecule has 6 nitrogen and oxygen atoms in total. The summed E-state index contributed by atoms with van der Waals surface area (Å²) in [4.78, 5) is 16.1. The minimum Gasteiger partial charge on any atom is -0.497 e. The van der Waals surface area contributed by atoms with Crippen molar-refractivity contribution in [3.8, 4) is 34.1 Å². The minimum atomic E-state index is -0.423. The highest BCUT2D eigenvalue weighted by molar-refractivity contribution is 5.93. The zero-order valence-corrected chi connectivity index (χ0v) is 15.8. The second-order valence-electron chi connectivity index (χ2n) is 6.12. The molecule has 28 heavy (non-hydrogen) atoms. The summed E-state index contributed by atoms with van der Waals surface area (Å²) in [7, 11) is 2.94. The third kappa shape index (κ3) is 3.38. The van der Waals surface area contributed by atoms with Gasteiger partial charge in [0, 0.05) is 16.8 Å². The summed E-state index contributed by atoms with van der Waals surface area (Å²) in [6.45, 7) is 1.85. The largest absolute Gasteiger partial charge is 0.497 e. The Labute approximate surface area is 163 Å². The summed E-state index contributed by atoms with van der Waals surface area (Å²) in [6.07, 6.45) is 0. The van der Waals surface area contributed by atoms with Crippen LogP contribution in [-0.2, 0) is 4.74 Å². The highest BCUT2D eigenvalue weighted by Crippen LogP contribution is 2.39. The summed E-state index contributed by atoms with van der Waals surface area (Å²) in [5.74, 6) is 0.478. The molecule has 0 aliphatic carbocycles. The number of carbonyl (C=O) groups excluding carboxylic acids is 1. The van der Waals surface area contributed by atoms with Gasteiger partial charge in [0.05, 0.1) is 19.8 Å². The number of rotatable bonds is 4. The number of aryl methyl sites for hydroxylation is 1. The highest BCUT2D eigenvalue weighted by atomic mass is 16.5. The monoisotopic (exact) mass is 373 g/mol. The Hall–Kier alpha value is -3.85. The Morgan fingerprint density at radius 1 is 1.00 bits per heavy atom. The molecule has 0 atom stereocenters. The maximum absolute atomic E-state index is 11.7. The Kier molecular flexibility index (Phi) is 5.28. The zero-order valence-electron chi connectivity index (χ0n) is 15.8. The van der Waals surface area contributed by atoms with E-state index in [4.69, 9.17) is 15.2 Å². The van der Waals surface area contributed by atoms with E-state index in [0.29, 0.717) is 22.4 Å². The molecule has 1 aromatic heterocycles. The van der Waals surface area contributed by atoms with Gasteiger partial charge < -0.3 is 15.2 Å². The van der Waals surface area contributed by atoms with Gasteiger partial charge in [-0.1, -0.05) is 24.3 Å². The number of nitrogens with zero attached hydrogens (tertiary/aromatic N) is 2. The maximum atomic E-state index is 11.7. The van der Waals surface area contributed by atoms with Crippen molar-refractivity contribution in [2.45, 2.75) is 6.92 Å². The number of anilines is 1. The van der Waals surface area contributed by atoms with Gasteiger partial charge in [0.1, 0.15) is 23.2 Å². The van der Waals surface area contributed by atoms with E-state index >= 15 is 0 Å². The number of nitrogen functional groups attached to an aromatic ring is 1. The molecule has 0 saturated heterocycles. The van der Waals surface area contributed by atoms with Gasteiger partial charge in [0.2, 0.25) is 0 Å². The van der Waals surface area contributed by atoms with E-state index in [9.17, 15) is 10.1 Å². The van der Waals surface area contributed by atoms with Crippen LogP contribution in [0.15, 0.2) is 48.5 Å². The first-order chi connectivity index (χ1) is 13.5. The van der Waals surface area contributed by atoms with Crippen LogP contribution in [0.5, 0.6) is 5.75 Å². The molecule has 0 saturated carbocycles. The van der Waals surface area contributed by atoms with Crippen LogP contribution >= 0.6 is 0 Å². The summed E-state index contributed by atoms with van der Waals surface area (Å²) in [5, 5.41) is 9.72. The van der Waals surface area contributed by atoms with Crippen LogP contribution in [0.1, 0.15) is 21.6 Å². The lowest BCUT2D eigenvalue weighted by Crippen LogP contribution is -2.04. The van der Waals surface area contributed by atoms with Crippen molar-refractivity contribution in [2.75, 3.05) is 20.0 Å². The Morgan fingerprint density at radius 3 is 2.11 bits per heavy atom. The normalized spacial score (nSPS) is 10.2. The third-order valence-electron chi connectivity index (χ3n) is 4.49.